The van der Waals surface area contributed by atoms with Crippen LogP contribution in [0.25, 0.3) is 0 Å². The van der Waals surface area contributed by atoms with Gasteiger partial charge >= 0.3 is 12.0 Å². The van der Waals surface area contributed by atoms with Crippen molar-refractivity contribution in [2.75, 3.05) is 16.8 Å². The predicted octanol–water partition coefficient (Wildman–Crippen LogP) is 2.15. The molecule has 1 aromatic carbocycles. The fourth-order valence-corrected chi connectivity index (χ4v) is 2.83. The van der Waals surface area contributed by atoms with Gasteiger partial charge in [0.25, 0.3) is 0 Å². The summed E-state index contributed by atoms with van der Waals surface area (Å²) in [5.41, 5.74) is 1.29. The van der Waals surface area contributed by atoms with Gasteiger partial charge in [0.1, 0.15) is 5.00 Å². The Bertz CT molecular complexity index is 674. The summed E-state index contributed by atoms with van der Waals surface area (Å²) in [5.74, 6) is -1.44. The lowest BCUT2D eigenvalue weighted by Crippen LogP contribution is -2.40. The van der Waals surface area contributed by atoms with Crippen LogP contribution in [0.2, 0.25) is 0 Å². The third-order valence-electron chi connectivity index (χ3n) is 3.38. The van der Waals surface area contributed by atoms with E-state index in [0.29, 0.717) is 29.2 Å². The van der Waals surface area contributed by atoms with Crippen molar-refractivity contribution in [1.82, 2.24) is 9.59 Å². The molecule has 0 aliphatic carbocycles. The number of urea groups is 1. The molecule has 0 fully saturated rings. The number of aliphatic carboxylic acids is 1. The number of rotatable bonds is 2. The molecule has 1 aliphatic rings. The molecule has 0 radical (unpaired) electrons. The topological polar surface area (TPSA) is 95.4 Å². The number of para-hydroxylation sites is 1. The van der Waals surface area contributed by atoms with Gasteiger partial charge in [-0.1, -0.05) is 22.7 Å². The average molecular weight is 304 g/mol. The van der Waals surface area contributed by atoms with Gasteiger partial charge < -0.3 is 5.11 Å². The van der Waals surface area contributed by atoms with Crippen molar-refractivity contribution in [2.45, 2.75) is 12.3 Å². The number of anilines is 2. The molecule has 7 nitrogen and oxygen atoms in total. The Kier molecular flexibility index (Phi) is 3.53. The summed E-state index contributed by atoms with van der Waals surface area (Å²) >= 11 is 1.09. The standard InChI is InChI=1S/C13H12N4O3S/c18-12(19)9-5-6-17(10-4-2-1-3-8(9)10)13(20)15-11-7-14-16-21-11/h1-4,7,9H,5-6H2,(H,15,20)(H,18,19). The van der Waals surface area contributed by atoms with Crippen molar-refractivity contribution in [3.05, 3.63) is 36.0 Å². The fraction of sp³-hybridized carbons (Fsp3) is 0.231. The number of aromatic nitrogens is 2. The van der Waals surface area contributed by atoms with E-state index in [2.05, 4.69) is 14.9 Å². The van der Waals surface area contributed by atoms with E-state index in [1.807, 2.05) is 0 Å². The van der Waals surface area contributed by atoms with Crippen molar-refractivity contribution in [3.8, 4) is 0 Å². The largest absolute Gasteiger partial charge is 0.481 e. The fourth-order valence-electron chi connectivity index (χ4n) is 2.42. The molecular formula is C13H12N4O3S. The second-order valence-corrected chi connectivity index (χ2v) is 5.39. The van der Waals surface area contributed by atoms with Crippen molar-refractivity contribution in [2.24, 2.45) is 0 Å². The smallest absolute Gasteiger partial charge is 0.327 e. The van der Waals surface area contributed by atoms with E-state index in [-0.39, 0.29) is 6.03 Å². The minimum atomic E-state index is -0.867. The molecule has 1 aliphatic heterocycles. The van der Waals surface area contributed by atoms with Crippen LogP contribution >= 0.6 is 11.5 Å². The Morgan fingerprint density at radius 1 is 1.38 bits per heavy atom. The number of hydrogen-bond acceptors (Lipinski definition) is 5. The first kappa shape index (κ1) is 13.5. The normalized spacial score (nSPS) is 17.1. The quantitative estimate of drug-likeness (QED) is 0.886. The highest BCUT2D eigenvalue weighted by Gasteiger charge is 2.32. The lowest BCUT2D eigenvalue weighted by molar-refractivity contribution is -0.139. The SMILES string of the molecule is O=C(O)C1CCN(C(=O)Nc2cnns2)c2ccccc21. The lowest BCUT2D eigenvalue weighted by Gasteiger charge is -2.32. The van der Waals surface area contributed by atoms with Crippen LogP contribution in [-0.4, -0.2) is 33.2 Å². The van der Waals surface area contributed by atoms with Crippen molar-refractivity contribution < 1.29 is 14.7 Å². The number of fused-ring (bicyclic) bond motifs is 1. The number of nitrogens with one attached hydrogen (secondary N) is 1. The van der Waals surface area contributed by atoms with E-state index in [0.717, 1.165) is 11.5 Å². The maximum Gasteiger partial charge on any atom is 0.327 e. The summed E-state index contributed by atoms with van der Waals surface area (Å²) in [5, 5.41) is 16.2. The third kappa shape index (κ3) is 2.57. The van der Waals surface area contributed by atoms with Gasteiger partial charge in [-0.15, -0.1) is 5.10 Å². The zero-order valence-electron chi connectivity index (χ0n) is 10.9. The summed E-state index contributed by atoms with van der Waals surface area (Å²) < 4.78 is 3.68. The molecule has 21 heavy (non-hydrogen) atoms. The first-order chi connectivity index (χ1) is 10.2. The number of hydrogen-bond donors (Lipinski definition) is 2. The maximum absolute atomic E-state index is 12.3. The molecular weight excluding hydrogens is 292 g/mol. The van der Waals surface area contributed by atoms with Crippen LogP contribution in [0.3, 0.4) is 0 Å². The van der Waals surface area contributed by atoms with E-state index in [1.165, 1.54) is 6.20 Å². The summed E-state index contributed by atoms with van der Waals surface area (Å²) in [6, 6.07) is 6.77. The molecule has 108 valence electrons. The van der Waals surface area contributed by atoms with E-state index in [1.54, 1.807) is 29.2 Å². The number of carboxylic acids is 1. The van der Waals surface area contributed by atoms with Crippen LogP contribution in [0.15, 0.2) is 30.5 Å². The maximum atomic E-state index is 12.3. The lowest BCUT2D eigenvalue weighted by atomic mass is 9.90. The number of carbonyl (C=O) groups excluding carboxylic acids is 1. The number of amides is 2. The summed E-state index contributed by atoms with van der Waals surface area (Å²) in [6.45, 7) is 0.353. The Morgan fingerprint density at radius 2 is 2.19 bits per heavy atom. The highest BCUT2D eigenvalue weighted by Crippen LogP contribution is 2.35. The van der Waals surface area contributed by atoms with Gasteiger partial charge in [0.2, 0.25) is 0 Å². The van der Waals surface area contributed by atoms with Gasteiger partial charge in [-0.05, 0) is 18.1 Å². The highest BCUT2D eigenvalue weighted by molar-refractivity contribution is 7.10. The van der Waals surface area contributed by atoms with E-state index in [4.69, 9.17) is 0 Å². The average Bonchev–Trinajstić information content (AvgIpc) is 2.98. The second-order valence-electron chi connectivity index (χ2n) is 4.60. The third-order valence-corrected chi connectivity index (χ3v) is 3.96. The molecule has 0 bridgehead atoms. The minimum Gasteiger partial charge on any atom is -0.481 e. The molecule has 8 heteroatoms. The molecule has 1 aromatic heterocycles. The van der Waals surface area contributed by atoms with Crippen LogP contribution in [0.4, 0.5) is 15.5 Å². The highest BCUT2D eigenvalue weighted by atomic mass is 32.1. The zero-order valence-corrected chi connectivity index (χ0v) is 11.7. The molecule has 0 spiro atoms. The van der Waals surface area contributed by atoms with Crippen LogP contribution in [-0.2, 0) is 4.79 Å². The number of carbonyl (C=O) groups is 2. The van der Waals surface area contributed by atoms with Crippen LogP contribution in [0.1, 0.15) is 17.9 Å². The molecule has 3 rings (SSSR count). The molecule has 1 atom stereocenters. The van der Waals surface area contributed by atoms with Crippen molar-refractivity contribution >= 4 is 34.2 Å². The Labute approximate surface area is 124 Å². The predicted molar refractivity (Wildman–Crippen MR) is 77.7 cm³/mol. The van der Waals surface area contributed by atoms with Crippen molar-refractivity contribution in [3.63, 3.8) is 0 Å². The molecule has 2 heterocycles. The first-order valence-electron chi connectivity index (χ1n) is 6.34. The van der Waals surface area contributed by atoms with Crippen LogP contribution in [0.5, 0.6) is 0 Å². The minimum absolute atomic E-state index is 0.308. The Hall–Kier alpha value is -2.48. The molecule has 1 unspecified atom stereocenters. The summed E-state index contributed by atoms with van der Waals surface area (Å²) in [6.07, 6.45) is 1.86. The number of benzene rings is 1. The van der Waals surface area contributed by atoms with E-state index >= 15 is 0 Å². The van der Waals surface area contributed by atoms with Gasteiger partial charge in [-0.25, -0.2) is 4.79 Å². The van der Waals surface area contributed by atoms with Gasteiger partial charge in [0.05, 0.1) is 12.1 Å². The van der Waals surface area contributed by atoms with Crippen LogP contribution < -0.4 is 10.2 Å². The van der Waals surface area contributed by atoms with Gasteiger partial charge in [-0.2, -0.15) is 0 Å². The zero-order chi connectivity index (χ0) is 14.8. The second kappa shape index (κ2) is 5.49. The van der Waals surface area contributed by atoms with Gasteiger partial charge in [0.15, 0.2) is 0 Å². The molecule has 0 saturated carbocycles. The molecule has 2 aromatic rings. The van der Waals surface area contributed by atoms with Gasteiger partial charge in [-0.3, -0.25) is 15.0 Å². The van der Waals surface area contributed by atoms with Crippen LogP contribution in [0, 0.1) is 0 Å². The van der Waals surface area contributed by atoms with Gasteiger partial charge in [0, 0.05) is 23.8 Å². The molecule has 2 N–H and O–H groups in total. The van der Waals surface area contributed by atoms with E-state index in [9.17, 15) is 14.7 Å². The first-order valence-corrected chi connectivity index (χ1v) is 7.12. The van der Waals surface area contributed by atoms with E-state index < -0.39 is 11.9 Å². The number of nitrogens with zero attached hydrogens (tertiary/aromatic N) is 3. The molecule has 0 saturated heterocycles. The summed E-state index contributed by atoms with van der Waals surface area (Å²) in [7, 11) is 0. The van der Waals surface area contributed by atoms with Crippen molar-refractivity contribution in [1.29, 1.82) is 0 Å². The Balaban J connectivity index is 1.89. The monoisotopic (exact) mass is 304 g/mol. The summed E-state index contributed by atoms with van der Waals surface area (Å²) in [4.78, 5) is 25.2. The molecule has 2 amide bonds. The number of carboxylic acid groups (broad SMARTS) is 1. The Morgan fingerprint density at radius 3 is 2.90 bits per heavy atom.